The Hall–Kier alpha value is -1.43. The molecule has 5 heteroatoms. The van der Waals surface area contributed by atoms with Gasteiger partial charge in [-0.05, 0) is 18.9 Å². The molecule has 1 saturated heterocycles. The highest BCUT2D eigenvalue weighted by Gasteiger charge is 2.23. The first kappa shape index (κ1) is 15.0. The third kappa shape index (κ3) is 4.30. The number of carbonyl (C=O) groups is 1. The van der Waals surface area contributed by atoms with Crippen molar-refractivity contribution >= 4 is 5.97 Å². The van der Waals surface area contributed by atoms with Crippen LogP contribution >= 0.6 is 0 Å². The van der Waals surface area contributed by atoms with Crippen LogP contribution in [-0.2, 0) is 9.53 Å². The third-order valence-electron chi connectivity index (χ3n) is 3.47. The first-order valence-corrected chi connectivity index (χ1v) is 7.01. The van der Waals surface area contributed by atoms with Crippen molar-refractivity contribution in [2.45, 2.75) is 31.5 Å². The third-order valence-corrected chi connectivity index (χ3v) is 3.47. The van der Waals surface area contributed by atoms with Crippen molar-refractivity contribution in [2.75, 3.05) is 19.8 Å². The molecule has 2 rings (SSSR count). The SMILES string of the molecule is CC(CC1COCCN1)NC(C(=O)O)c1ccccc1. The predicted octanol–water partition coefficient (Wildman–Crippen LogP) is 1.17. The zero-order chi connectivity index (χ0) is 14.4. The quantitative estimate of drug-likeness (QED) is 0.728. The molecule has 5 nitrogen and oxygen atoms in total. The van der Waals surface area contributed by atoms with Crippen LogP contribution < -0.4 is 10.6 Å². The Morgan fingerprint density at radius 1 is 1.50 bits per heavy atom. The monoisotopic (exact) mass is 278 g/mol. The molecule has 0 aliphatic carbocycles. The van der Waals surface area contributed by atoms with Crippen molar-refractivity contribution in [3.05, 3.63) is 35.9 Å². The van der Waals surface area contributed by atoms with E-state index in [0.717, 1.165) is 25.1 Å². The number of carboxylic acid groups (broad SMARTS) is 1. The minimum Gasteiger partial charge on any atom is -0.480 e. The topological polar surface area (TPSA) is 70.6 Å². The van der Waals surface area contributed by atoms with E-state index < -0.39 is 12.0 Å². The summed E-state index contributed by atoms with van der Waals surface area (Å²) in [5, 5.41) is 15.9. The first-order valence-electron chi connectivity index (χ1n) is 7.01. The molecule has 1 aliphatic rings. The Morgan fingerprint density at radius 2 is 2.25 bits per heavy atom. The Bertz CT molecular complexity index is 418. The van der Waals surface area contributed by atoms with Crippen LogP contribution in [0, 0.1) is 0 Å². The molecular weight excluding hydrogens is 256 g/mol. The number of rotatable bonds is 6. The van der Waals surface area contributed by atoms with E-state index in [0.29, 0.717) is 6.61 Å². The number of carboxylic acids is 1. The van der Waals surface area contributed by atoms with Crippen LogP contribution in [0.3, 0.4) is 0 Å². The van der Waals surface area contributed by atoms with Crippen molar-refractivity contribution in [3.63, 3.8) is 0 Å². The maximum absolute atomic E-state index is 11.4. The number of hydrogen-bond donors (Lipinski definition) is 3. The molecule has 1 aromatic carbocycles. The van der Waals surface area contributed by atoms with E-state index >= 15 is 0 Å². The standard InChI is InChI=1S/C15H22N2O3/c1-11(9-13-10-20-8-7-16-13)17-14(15(18)19)12-5-3-2-4-6-12/h2-6,11,13-14,16-17H,7-10H2,1H3,(H,18,19). The maximum Gasteiger partial charge on any atom is 0.325 e. The van der Waals surface area contributed by atoms with Gasteiger partial charge >= 0.3 is 5.97 Å². The Kier molecular flexibility index (Phi) is 5.52. The largest absolute Gasteiger partial charge is 0.480 e. The molecule has 0 saturated carbocycles. The normalized spacial score (nSPS) is 22.1. The first-order chi connectivity index (χ1) is 9.66. The molecular formula is C15H22N2O3. The summed E-state index contributed by atoms with van der Waals surface area (Å²) < 4.78 is 5.41. The van der Waals surface area contributed by atoms with E-state index in [4.69, 9.17) is 4.74 Å². The summed E-state index contributed by atoms with van der Waals surface area (Å²) in [5.41, 5.74) is 0.778. The van der Waals surface area contributed by atoms with Gasteiger partial charge in [0.1, 0.15) is 6.04 Å². The van der Waals surface area contributed by atoms with Gasteiger partial charge in [-0.3, -0.25) is 10.1 Å². The summed E-state index contributed by atoms with van der Waals surface area (Å²) >= 11 is 0. The smallest absolute Gasteiger partial charge is 0.325 e. The maximum atomic E-state index is 11.4. The summed E-state index contributed by atoms with van der Waals surface area (Å²) in [6.07, 6.45) is 0.844. The molecule has 20 heavy (non-hydrogen) atoms. The summed E-state index contributed by atoms with van der Waals surface area (Å²) in [4.78, 5) is 11.4. The summed E-state index contributed by atoms with van der Waals surface area (Å²) in [5.74, 6) is -0.851. The average molecular weight is 278 g/mol. The van der Waals surface area contributed by atoms with E-state index in [9.17, 15) is 9.90 Å². The van der Waals surface area contributed by atoms with Gasteiger partial charge < -0.3 is 15.2 Å². The second-order valence-electron chi connectivity index (χ2n) is 5.21. The molecule has 3 unspecified atom stereocenters. The van der Waals surface area contributed by atoms with Gasteiger partial charge in [0, 0.05) is 18.6 Å². The van der Waals surface area contributed by atoms with Crippen molar-refractivity contribution in [1.82, 2.24) is 10.6 Å². The lowest BCUT2D eigenvalue weighted by atomic mass is 10.0. The second kappa shape index (κ2) is 7.38. The van der Waals surface area contributed by atoms with Crippen LogP contribution in [0.25, 0.3) is 0 Å². The molecule has 1 aromatic rings. The van der Waals surface area contributed by atoms with Gasteiger partial charge in [-0.15, -0.1) is 0 Å². The lowest BCUT2D eigenvalue weighted by Gasteiger charge is -2.28. The number of ether oxygens (including phenoxy) is 1. The van der Waals surface area contributed by atoms with Gasteiger partial charge in [0.2, 0.25) is 0 Å². The summed E-state index contributed by atoms with van der Waals surface area (Å²) in [6.45, 7) is 4.31. The van der Waals surface area contributed by atoms with Crippen LogP contribution in [0.15, 0.2) is 30.3 Å². The van der Waals surface area contributed by atoms with Crippen molar-refractivity contribution < 1.29 is 14.6 Å². The van der Waals surface area contributed by atoms with E-state index in [1.807, 2.05) is 37.3 Å². The van der Waals surface area contributed by atoms with Crippen LogP contribution in [0.5, 0.6) is 0 Å². The zero-order valence-electron chi connectivity index (χ0n) is 11.7. The Balaban J connectivity index is 1.92. The van der Waals surface area contributed by atoms with Crippen molar-refractivity contribution in [2.24, 2.45) is 0 Å². The molecule has 0 bridgehead atoms. The van der Waals surface area contributed by atoms with E-state index in [1.54, 1.807) is 0 Å². The molecule has 1 heterocycles. The van der Waals surface area contributed by atoms with Crippen LogP contribution in [0.4, 0.5) is 0 Å². The van der Waals surface area contributed by atoms with Gasteiger partial charge in [-0.25, -0.2) is 0 Å². The second-order valence-corrected chi connectivity index (χ2v) is 5.21. The minimum absolute atomic E-state index is 0.0931. The zero-order valence-corrected chi connectivity index (χ0v) is 11.7. The fraction of sp³-hybridized carbons (Fsp3) is 0.533. The molecule has 110 valence electrons. The molecule has 0 radical (unpaired) electrons. The number of aliphatic carboxylic acids is 1. The average Bonchev–Trinajstić information content (AvgIpc) is 2.46. The predicted molar refractivity (Wildman–Crippen MR) is 76.6 cm³/mol. The number of benzene rings is 1. The van der Waals surface area contributed by atoms with E-state index in [1.165, 1.54) is 0 Å². The fourth-order valence-electron chi connectivity index (χ4n) is 2.51. The molecule has 1 fully saturated rings. The van der Waals surface area contributed by atoms with Crippen molar-refractivity contribution in [1.29, 1.82) is 0 Å². The van der Waals surface area contributed by atoms with Crippen molar-refractivity contribution in [3.8, 4) is 0 Å². The molecule has 1 aliphatic heterocycles. The molecule has 3 atom stereocenters. The summed E-state index contributed by atoms with van der Waals surface area (Å²) in [7, 11) is 0. The molecule has 0 amide bonds. The van der Waals surface area contributed by atoms with Crippen LogP contribution in [-0.4, -0.2) is 42.9 Å². The highest BCUT2D eigenvalue weighted by molar-refractivity contribution is 5.75. The molecule has 0 spiro atoms. The minimum atomic E-state index is -0.851. The van der Waals surface area contributed by atoms with E-state index in [2.05, 4.69) is 10.6 Å². The van der Waals surface area contributed by atoms with Gasteiger partial charge in [-0.2, -0.15) is 0 Å². The summed E-state index contributed by atoms with van der Waals surface area (Å²) in [6, 6.07) is 8.97. The number of nitrogens with one attached hydrogen (secondary N) is 2. The lowest BCUT2D eigenvalue weighted by Crippen LogP contribution is -2.46. The molecule has 3 N–H and O–H groups in total. The Morgan fingerprint density at radius 3 is 2.85 bits per heavy atom. The fourth-order valence-corrected chi connectivity index (χ4v) is 2.51. The highest BCUT2D eigenvalue weighted by Crippen LogP contribution is 2.15. The van der Waals surface area contributed by atoms with Gasteiger partial charge in [-0.1, -0.05) is 30.3 Å². The number of morpholine rings is 1. The number of hydrogen-bond acceptors (Lipinski definition) is 4. The van der Waals surface area contributed by atoms with Crippen LogP contribution in [0.2, 0.25) is 0 Å². The van der Waals surface area contributed by atoms with Gasteiger partial charge in [0.15, 0.2) is 0 Å². The lowest BCUT2D eigenvalue weighted by molar-refractivity contribution is -0.139. The van der Waals surface area contributed by atoms with Gasteiger partial charge in [0.25, 0.3) is 0 Å². The Labute approximate surface area is 119 Å². The highest BCUT2D eigenvalue weighted by atomic mass is 16.5. The van der Waals surface area contributed by atoms with Crippen LogP contribution in [0.1, 0.15) is 24.9 Å². The molecule has 0 aromatic heterocycles. The van der Waals surface area contributed by atoms with E-state index in [-0.39, 0.29) is 12.1 Å². The van der Waals surface area contributed by atoms with Gasteiger partial charge in [0.05, 0.1) is 13.2 Å².